The van der Waals surface area contributed by atoms with E-state index in [1.807, 2.05) is 43.3 Å². The Morgan fingerprint density at radius 1 is 0.750 bits per heavy atom. The van der Waals surface area contributed by atoms with Crippen LogP contribution in [0.15, 0.2) is 84.7 Å². The molecule has 1 unspecified atom stereocenters. The zero-order valence-electron chi connectivity index (χ0n) is 45.4. The predicted octanol–water partition coefficient (Wildman–Crippen LogP) is 3.27. The molecule has 0 spiro atoms. The van der Waals surface area contributed by atoms with Crippen molar-refractivity contribution < 1.29 is 62.0 Å². The van der Waals surface area contributed by atoms with E-state index < -0.39 is 35.8 Å². The van der Waals surface area contributed by atoms with Crippen molar-refractivity contribution in [2.75, 3.05) is 97.5 Å². The molecular weight excluding hydrogens is 1030 g/mol. The third-order valence-corrected chi connectivity index (χ3v) is 12.2. The number of imide groups is 1. The van der Waals surface area contributed by atoms with Gasteiger partial charge in [0, 0.05) is 54.3 Å². The zero-order valence-corrected chi connectivity index (χ0v) is 45.4. The van der Waals surface area contributed by atoms with E-state index in [1.165, 1.54) is 12.2 Å². The van der Waals surface area contributed by atoms with E-state index in [-0.39, 0.29) is 76.8 Å². The number of aromatic nitrogens is 3. The first-order chi connectivity index (χ1) is 38.7. The number of carbonyl (C=O) groups is 7. The lowest BCUT2D eigenvalue weighted by atomic mass is 9.95. The first-order valence-corrected chi connectivity index (χ1v) is 26.6. The fourth-order valence-electron chi connectivity index (χ4n) is 8.03. The van der Waals surface area contributed by atoms with E-state index in [9.17, 15) is 33.6 Å². The maximum absolute atomic E-state index is 13.0. The average molecular weight is 1110 g/mol. The van der Waals surface area contributed by atoms with Crippen LogP contribution in [-0.2, 0) is 59.1 Å². The predicted molar refractivity (Wildman–Crippen MR) is 294 cm³/mol. The molecule has 2 aromatic heterocycles. The molecule has 2 aliphatic heterocycles. The number of allylic oxidation sites excluding steroid dienone is 2. The van der Waals surface area contributed by atoms with Gasteiger partial charge in [0.15, 0.2) is 0 Å². The number of nitrogens with zero attached hydrogens (tertiary/aromatic N) is 4. The van der Waals surface area contributed by atoms with Gasteiger partial charge < -0.3 is 60.3 Å². The number of rotatable bonds is 34. The number of aryl methyl sites for hydroxylation is 1. The number of carbonyl (C=O) groups excluding carboxylic acids is 7. The fraction of sp³-hybridized carbons (Fsp3) is 0.446. The van der Waals surface area contributed by atoms with E-state index >= 15 is 0 Å². The molecule has 1 saturated heterocycles. The lowest BCUT2D eigenvalue weighted by molar-refractivity contribution is -0.137. The molecule has 428 valence electrons. The highest BCUT2D eigenvalue weighted by Crippen LogP contribution is 2.29. The Balaban J connectivity index is 0.771. The van der Waals surface area contributed by atoms with Crippen LogP contribution in [0.25, 0.3) is 16.6 Å². The van der Waals surface area contributed by atoms with Crippen LogP contribution in [-0.4, -0.2) is 165 Å². The Kier molecular flexibility index (Phi) is 24.9. The van der Waals surface area contributed by atoms with Gasteiger partial charge in [0.05, 0.1) is 108 Å². The average Bonchev–Trinajstić information content (AvgIpc) is 4.12. The van der Waals surface area contributed by atoms with Gasteiger partial charge in [-0.2, -0.15) is 0 Å². The smallest absolute Gasteiger partial charge is 0.407 e. The van der Waals surface area contributed by atoms with Crippen molar-refractivity contribution in [3.63, 3.8) is 0 Å². The minimum atomic E-state index is -0.973. The van der Waals surface area contributed by atoms with Crippen LogP contribution in [0.4, 0.5) is 10.5 Å². The second kappa shape index (κ2) is 32.6. The number of benzene rings is 2. The third-order valence-electron chi connectivity index (χ3n) is 12.2. The Morgan fingerprint density at radius 3 is 2.14 bits per heavy atom. The van der Waals surface area contributed by atoms with Gasteiger partial charge in [-0.05, 0) is 86.1 Å². The Hall–Kier alpha value is -8.19. The molecule has 24 heteroatoms. The van der Waals surface area contributed by atoms with E-state index in [0.29, 0.717) is 92.0 Å². The van der Waals surface area contributed by atoms with E-state index in [4.69, 9.17) is 38.8 Å². The normalized spacial score (nSPS) is 13.9. The molecule has 0 saturated carbocycles. The third kappa shape index (κ3) is 20.6. The maximum Gasteiger partial charge on any atom is 0.407 e. The van der Waals surface area contributed by atoms with Gasteiger partial charge in [0.2, 0.25) is 29.5 Å². The molecule has 4 aromatic rings. The molecule has 1 atom stereocenters. The lowest BCUT2D eigenvalue weighted by Gasteiger charge is -2.21. The number of unbranched alkanes of at least 4 members (excludes halogenated alkanes) is 1. The Labute approximate surface area is 464 Å². The number of amides is 7. The standard InChI is InChI=1S/C56H71N11O13/c1-37(2)54(66-48(70)33-61-46(68)19-24-75-26-28-77-30-31-78-29-27-76-25-22-67-50(71)17-18-51(67)72)55(73)62-34-47(69)64-41-14-11-39(12-15-41)36-80-56(74)59-20-4-5-23-79-49-35-60-42-16-13-40(32-45(42)65-49)52(43-10-7-21-58-43)53(57)44-9-6-8-38(3)63-44/h6,8-9,11-18,32,35,37,54,57-58H,4-5,7,10,19-31,33-34,36H2,1-3H3,(H,59,74)(H,61,68)(H,62,73)(H,64,69)(H,66,70)/b52-43-,57-53?. The Morgan fingerprint density at radius 2 is 1.45 bits per heavy atom. The van der Waals surface area contributed by atoms with Crippen LogP contribution in [0.1, 0.15) is 68.5 Å². The summed E-state index contributed by atoms with van der Waals surface area (Å²) in [7, 11) is 0. The van der Waals surface area contributed by atoms with Gasteiger partial charge >= 0.3 is 6.09 Å². The highest BCUT2D eigenvalue weighted by Gasteiger charge is 2.26. The molecule has 6 rings (SSSR count). The van der Waals surface area contributed by atoms with Crippen LogP contribution >= 0.6 is 0 Å². The van der Waals surface area contributed by atoms with Gasteiger partial charge in [-0.25, -0.2) is 14.8 Å². The quantitative estimate of drug-likeness (QED) is 0.0201. The summed E-state index contributed by atoms with van der Waals surface area (Å²) in [5.74, 6) is -2.76. The summed E-state index contributed by atoms with van der Waals surface area (Å²) in [6.45, 7) is 8.48. The van der Waals surface area contributed by atoms with E-state index in [2.05, 4.69) is 41.9 Å². The van der Waals surface area contributed by atoms with Crippen molar-refractivity contribution >= 4 is 69.5 Å². The summed E-state index contributed by atoms with van der Waals surface area (Å²) in [6.07, 6.45) is 6.51. The minimum absolute atomic E-state index is 0.000491. The molecule has 0 aliphatic carbocycles. The van der Waals surface area contributed by atoms with Crippen molar-refractivity contribution in [2.45, 2.75) is 65.5 Å². The molecule has 7 amide bonds. The summed E-state index contributed by atoms with van der Waals surface area (Å²) in [4.78, 5) is 101. The maximum atomic E-state index is 13.0. The van der Waals surface area contributed by atoms with Crippen LogP contribution in [0, 0.1) is 18.3 Å². The van der Waals surface area contributed by atoms with Crippen molar-refractivity contribution in [3.8, 4) is 5.88 Å². The van der Waals surface area contributed by atoms with Gasteiger partial charge in [-0.3, -0.25) is 44.1 Å². The fourth-order valence-corrected chi connectivity index (χ4v) is 8.03. The van der Waals surface area contributed by atoms with Crippen LogP contribution < -0.4 is 36.6 Å². The molecule has 4 heterocycles. The van der Waals surface area contributed by atoms with Gasteiger partial charge in [-0.15, -0.1) is 0 Å². The number of hydrogen-bond acceptors (Lipinski definition) is 18. The SMILES string of the molecule is Cc1cccc(C(=N)/C(=C2/CCCN2)c2ccc3ncc(OCCCCNC(=O)OCc4ccc(NC(=O)CNC(=O)C(NC(=O)CNC(=O)CCOCCOCCOCCOCCN5C(=O)C=CC5=O)C(C)C)cc4)nc3c2)n1. The largest absolute Gasteiger partial charge is 0.477 e. The van der Waals surface area contributed by atoms with E-state index in [1.54, 1.807) is 44.3 Å². The second-order valence-electron chi connectivity index (χ2n) is 18.8. The molecule has 24 nitrogen and oxygen atoms in total. The van der Waals surface area contributed by atoms with Gasteiger partial charge in [0.1, 0.15) is 12.6 Å². The number of fused-ring (bicyclic) bond motifs is 1. The van der Waals surface area contributed by atoms with Gasteiger partial charge in [-0.1, -0.05) is 38.1 Å². The lowest BCUT2D eigenvalue weighted by Crippen LogP contribution is -2.52. The second-order valence-corrected chi connectivity index (χ2v) is 18.8. The minimum Gasteiger partial charge on any atom is -0.477 e. The topological polar surface area (TPSA) is 313 Å². The molecule has 1 fully saturated rings. The number of alkyl carbamates (subject to hydrolysis) is 1. The molecule has 2 aromatic carbocycles. The monoisotopic (exact) mass is 1110 g/mol. The number of anilines is 1. The highest BCUT2D eigenvalue weighted by molar-refractivity contribution is 6.30. The number of ether oxygens (including phenoxy) is 6. The number of pyridine rings is 1. The van der Waals surface area contributed by atoms with Crippen molar-refractivity contribution in [1.82, 2.24) is 46.4 Å². The van der Waals surface area contributed by atoms with Crippen molar-refractivity contribution in [2.24, 2.45) is 5.92 Å². The summed E-state index contributed by atoms with van der Waals surface area (Å²) in [5.41, 5.74) is 6.90. The van der Waals surface area contributed by atoms with Gasteiger partial charge in [0.25, 0.3) is 11.8 Å². The Bertz CT molecular complexity index is 2820. The summed E-state index contributed by atoms with van der Waals surface area (Å²) in [6, 6.07) is 17.1. The highest BCUT2D eigenvalue weighted by atomic mass is 16.6. The summed E-state index contributed by atoms with van der Waals surface area (Å²) >= 11 is 0. The molecule has 0 bridgehead atoms. The first kappa shape index (κ1) is 61.0. The summed E-state index contributed by atoms with van der Waals surface area (Å²) in [5, 5.41) is 25.6. The molecule has 80 heavy (non-hydrogen) atoms. The molecule has 0 radical (unpaired) electrons. The zero-order chi connectivity index (χ0) is 57.1. The number of hydrogen-bond donors (Lipinski definition) is 7. The van der Waals surface area contributed by atoms with Crippen LogP contribution in [0.5, 0.6) is 5.88 Å². The van der Waals surface area contributed by atoms with Crippen molar-refractivity contribution in [3.05, 3.63) is 107 Å². The number of nitrogens with one attached hydrogen (secondary N) is 7. The van der Waals surface area contributed by atoms with Crippen LogP contribution in [0.2, 0.25) is 0 Å². The van der Waals surface area contributed by atoms with E-state index in [0.717, 1.165) is 46.8 Å². The van der Waals surface area contributed by atoms with Crippen molar-refractivity contribution in [1.29, 1.82) is 5.41 Å². The van der Waals surface area contributed by atoms with Crippen LogP contribution in [0.3, 0.4) is 0 Å². The molecular formula is C56H71N11O13. The molecule has 2 aliphatic rings. The summed E-state index contributed by atoms with van der Waals surface area (Å²) < 4.78 is 32.9. The molecule has 7 N–H and O–H groups in total. The first-order valence-electron chi connectivity index (χ1n) is 26.6.